The normalized spacial score (nSPS) is 19.0. The number of alkyl halides is 3. The molecule has 1 heterocycles. The summed E-state index contributed by atoms with van der Waals surface area (Å²) in [5, 5.41) is 0. The van der Waals surface area contributed by atoms with Crippen molar-refractivity contribution >= 4 is 10.0 Å². The van der Waals surface area contributed by atoms with Crippen molar-refractivity contribution < 1.29 is 21.6 Å². The van der Waals surface area contributed by atoms with E-state index in [1.54, 1.807) is 36.4 Å². The van der Waals surface area contributed by atoms with Gasteiger partial charge in [-0.1, -0.05) is 48.5 Å². The number of hydrogen-bond acceptors (Lipinski definition) is 3. The maximum absolute atomic E-state index is 13.1. The Morgan fingerprint density at radius 2 is 1.46 bits per heavy atom. The lowest BCUT2D eigenvalue weighted by atomic mass is 10.1. The third-order valence-corrected chi connectivity index (χ3v) is 5.26. The molecule has 8 heteroatoms. The quantitative estimate of drug-likeness (QED) is 0.919. The fourth-order valence-corrected chi connectivity index (χ4v) is 3.83. The van der Waals surface area contributed by atoms with Gasteiger partial charge in [-0.2, -0.15) is 13.2 Å². The number of benzene rings is 2. The Morgan fingerprint density at radius 1 is 0.917 bits per heavy atom. The first-order valence-corrected chi connectivity index (χ1v) is 8.44. The van der Waals surface area contributed by atoms with E-state index >= 15 is 0 Å². The van der Waals surface area contributed by atoms with Gasteiger partial charge in [-0.25, -0.2) is 8.42 Å². The molecule has 24 heavy (non-hydrogen) atoms. The molecule has 0 fully saturated rings. The summed E-state index contributed by atoms with van der Waals surface area (Å²) in [6.45, 7) is 0. The standard InChI is InChI=1S/C16H13F3N2O2S/c17-16(18,19)15-11-14(12-7-3-1-4-8-12)21(20-15)24(22,23)13-9-5-2-6-10-13/h1-11,14,20H. The molecule has 1 aliphatic heterocycles. The minimum Gasteiger partial charge on any atom is -0.300 e. The van der Waals surface area contributed by atoms with Crippen LogP contribution in [0.5, 0.6) is 0 Å². The molecular weight excluding hydrogens is 341 g/mol. The largest absolute Gasteiger partial charge is 0.432 e. The molecule has 0 radical (unpaired) electrons. The lowest BCUT2D eigenvalue weighted by Gasteiger charge is -2.25. The molecule has 3 rings (SSSR count). The van der Waals surface area contributed by atoms with E-state index in [0.29, 0.717) is 9.98 Å². The SMILES string of the molecule is O=S(=O)(c1ccccc1)N1NC(C(F)(F)F)=CC1c1ccccc1. The van der Waals surface area contributed by atoms with Crippen LogP contribution in [-0.2, 0) is 10.0 Å². The monoisotopic (exact) mass is 354 g/mol. The average Bonchev–Trinajstić information content (AvgIpc) is 3.03. The van der Waals surface area contributed by atoms with Crippen molar-refractivity contribution in [2.75, 3.05) is 0 Å². The molecule has 1 unspecified atom stereocenters. The van der Waals surface area contributed by atoms with Crippen LogP contribution in [0.1, 0.15) is 11.6 Å². The second-order valence-corrected chi connectivity index (χ2v) is 6.97. The van der Waals surface area contributed by atoms with E-state index in [2.05, 4.69) is 0 Å². The van der Waals surface area contributed by atoms with Gasteiger partial charge in [-0.3, -0.25) is 0 Å². The van der Waals surface area contributed by atoms with Crippen LogP contribution in [-0.4, -0.2) is 19.0 Å². The summed E-state index contributed by atoms with van der Waals surface area (Å²) in [4.78, 5) is -0.0877. The van der Waals surface area contributed by atoms with E-state index in [1.165, 1.54) is 24.3 Å². The first kappa shape index (κ1) is 16.5. The molecular formula is C16H13F3N2O2S. The first-order valence-electron chi connectivity index (χ1n) is 7.00. The van der Waals surface area contributed by atoms with Crippen LogP contribution in [0.15, 0.2) is 77.3 Å². The van der Waals surface area contributed by atoms with Crippen molar-refractivity contribution in [3.63, 3.8) is 0 Å². The number of sulfonamides is 1. The molecule has 4 nitrogen and oxygen atoms in total. The van der Waals surface area contributed by atoms with Gasteiger partial charge in [-0.15, -0.1) is 4.41 Å². The van der Waals surface area contributed by atoms with Crippen LogP contribution in [0.3, 0.4) is 0 Å². The molecule has 0 spiro atoms. The molecule has 0 saturated heterocycles. The molecule has 0 saturated carbocycles. The molecule has 1 aliphatic rings. The molecule has 126 valence electrons. The van der Waals surface area contributed by atoms with E-state index < -0.39 is 27.9 Å². The average molecular weight is 354 g/mol. The Balaban J connectivity index is 2.07. The number of hydrogen-bond donors (Lipinski definition) is 1. The predicted molar refractivity (Wildman–Crippen MR) is 81.9 cm³/mol. The maximum atomic E-state index is 13.1. The minimum atomic E-state index is -4.67. The fourth-order valence-electron chi connectivity index (χ4n) is 2.41. The third-order valence-electron chi connectivity index (χ3n) is 3.55. The zero-order valence-electron chi connectivity index (χ0n) is 12.2. The van der Waals surface area contributed by atoms with Crippen molar-refractivity contribution in [3.05, 3.63) is 78.0 Å². The highest BCUT2D eigenvalue weighted by molar-refractivity contribution is 7.89. The van der Waals surface area contributed by atoms with Crippen molar-refractivity contribution in [1.82, 2.24) is 9.84 Å². The Kier molecular flexibility index (Phi) is 4.10. The minimum absolute atomic E-state index is 0.0877. The molecule has 2 aromatic rings. The summed E-state index contributed by atoms with van der Waals surface area (Å²) < 4.78 is 65.3. The van der Waals surface area contributed by atoms with Gasteiger partial charge in [0.1, 0.15) is 5.70 Å². The number of halogens is 3. The van der Waals surface area contributed by atoms with Gasteiger partial charge in [0.25, 0.3) is 10.0 Å². The Hall–Kier alpha value is -2.32. The van der Waals surface area contributed by atoms with Gasteiger partial charge in [0.2, 0.25) is 0 Å². The Bertz CT molecular complexity index is 850. The van der Waals surface area contributed by atoms with E-state index in [4.69, 9.17) is 0 Å². The zero-order valence-corrected chi connectivity index (χ0v) is 13.1. The van der Waals surface area contributed by atoms with Crippen molar-refractivity contribution in [2.24, 2.45) is 0 Å². The second-order valence-electron chi connectivity index (χ2n) is 5.16. The molecule has 1 atom stereocenters. The van der Waals surface area contributed by atoms with Gasteiger partial charge in [0.15, 0.2) is 0 Å². The van der Waals surface area contributed by atoms with Gasteiger partial charge in [0.05, 0.1) is 10.9 Å². The highest BCUT2D eigenvalue weighted by Gasteiger charge is 2.45. The Morgan fingerprint density at radius 3 is 2.00 bits per heavy atom. The van der Waals surface area contributed by atoms with Crippen LogP contribution < -0.4 is 5.43 Å². The maximum Gasteiger partial charge on any atom is 0.432 e. The van der Waals surface area contributed by atoms with Crippen LogP contribution in [0.4, 0.5) is 13.2 Å². The number of allylic oxidation sites excluding steroid dienone is 1. The second kappa shape index (κ2) is 5.95. The van der Waals surface area contributed by atoms with E-state index in [0.717, 1.165) is 6.08 Å². The highest BCUT2D eigenvalue weighted by Crippen LogP contribution is 2.37. The molecule has 2 aromatic carbocycles. The zero-order chi connectivity index (χ0) is 17.4. The number of rotatable bonds is 3. The fraction of sp³-hybridized carbons (Fsp3) is 0.125. The van der Waals surface area contributed by atoms with Crippen LogP contribution >= 0.6 is 0 Å². The predicted octanol–water partition coefficient (Wildman–Crippen LogP) is 3.38. The first-order chi connectivity index (χ1) is 11.3. The van der Waals surface area contributed by atoms with Crippen molar-refractivity contribution in [1.29, 1.82) is 0 Å². The van der Waals surface area contributed by atoms with Gasteiger partial charge in [-0.05, 0) is 23.8 Å². The topological polar surface area (TPSA) is 49.4 Å². The van der Waals surface area contributed by atoms with Gasteiger partial charge < -0.3 is 5.43 Å². The van der Waals surface area contributed by atoms with Crippen LogP contribution in [0.2, 0.25) is 0 Å². The molecule has 1 N–H and O–H groups in total. The van der Waals surface area contributed by atoms with Crippen molar-refractivity contribution in [3.8, 4) is 0 Å². The van der Waals surface area contributed by atoms with E-state index in [1.807, 2.05) is 5.43 Å². The summed E-state index contributed by atoms with van der Waals surface area (Å²) in [6, 6.07) is 14.4. The van der Waals surface area contributed by atoms with Crippen molar-refractivity contribution in [2.45, 2.75) is 17.1 Å². The lowest BCUT2D eigenvalue weighted by molar-refractivity contribution is -0.0984. The molecule has 0 aromatic heterocycles. The van der Waals surface area contributed by atoms with Crippen LogP contribution in [0, 0.1) is 0 Å². The van der Waals surface area contributed by atoms with Gasteiger partial charge in [0, 0.05) is 0 Å². The van der Waals surface area contributed by atoms with Crippen LogP contribution in [0.25, 0.3) is 0 Å². The highest BCUT2D eigenvalue weighted by atomic mass is 32.2. The summed E-state index contributed by atoms with van der Waals surface area (Å²) in [5.74, 6) is 0. The summed E-state index contributed by atoms with van der Waals surface area (Å²) in [7, 11) is -4.16. The lowest BCUT2D eigenvalue weighted by Crippen LogP contribution is -2.41. The number of nitrogens with one attached hydrogen (secondary N) is 1. The van der Waals surface area contributed by atoms with Gasteiger partial charge >= 0.3 is 6.18 Å². The van der Waals surface area contributed by atoms with E-state index in [-0.39, 0.29) is 4.90 Å². The molecule has 0 aliphatic carbocycles. The summed E-state index contributed by atoms with van der Waals surface area (Å²) >= 11 is 0. The molecule has 0 amide bonds. The number of hydrazine groups is 1. The smallest absolute Gasteiger partial charge is 0.300 e. The summed E-state index contributed by atoms with van der Waals surface area (Å²) in [6.07, 6.45) is -3.80. The third kappa shape index (κ3) is 3.02. The Labute approximate surface area is 137 Å². The molecule has 0 bridgehead atoms. The number of nitrogens with zero attached hydrogens (tertiary/aromatic N) is 1. The summed E-state index contributed by atoms with van der Waals surface area (Å²) in [5.41, 5.74) is 1.33. The van der Waals surface area contributed by atoms with E-state index in [9.17, 15) is 21.6 Å².